The molecule has 25 heavy (non-hydrogen) atoms. The van der Waals surface area contributed by atoms with Crippen LogP contribution >= 0.6 is 27.3 Å². The van der Waals surface area contributed by atoms with Gasteiger partial charge in [-0.1, -0.05) is 0 Å². The van der Waals surface area contributed by atoms with Crippen LogP contribution in [0.2, 0.25) is 0 Å². The molecule has 3 rings (SSSR count). The molecule has 3 aromatic rings. The van der Waals surface area contributed by atoms with E-state index in [1.165, 1.54) is 23.5 Å². The second-order valence-electron chi connectivity index (χ2n) is 4.88. The molecule has 2 heterocycles. The van der Waals surface area contributed by atoms with Gasteiger partial charge in [-0.2, -0.15) is 8.78 Å². The lowest BCUT2D eigenvalue weighted by Crippen LogP contribution is -2.10. The van der Waals surface area contributed by atoms with E-state index in [4.69, 9.17) is 4.42 Å². The number of nitrogens with one attached hydrogen (secondary N) is 1. The van der Waals surface area contributed by atoms with Crippen molar-refractivity contribution in [1.82, 2.24) is 4.98 Å². The Morgan fingerprint density at radius 2 is 2.00 bits per heavy atom. The molecule has 0 saturated heterocycles. The van der Waals surface area contributed by atoms with Crippen LogP contribution in [0, 0.1) is 6.92 Å². The number of hydrogen-bond acceptors (Lipinski definition) is 5. The first kappa shape index (κ1) is 17.6. The maximum absolute atomic E-state index is 12.2. The number of carbonyl (C=O) groups excluding carboxylic acids is 1. The summed E-state index contributed by atoms with van der Waals surface area (Å²) in [6, 6.07) is 9.32. The molecule has 130 valence electrons. The summed E-state index contributed by atoms with van der Waals surface area (Å²) in [5.74, 6) is -0.176. The Morgan fingerprint density at radius 3 is 2.60 bits per heavy atom. The lowest BCUT2D eigenvalue weighted by molar-refractivity contribution is -0.0498. The van der Waals surface area contributed by atoms with E-state index < -0.39 is 12.5 Å². The molecule has 0 saturated carbocycles. The highest BCUT2D eigenvalue weighted by Gasteiger charge is 2.15. The summed E-state index contributed by atoms with van der Waals surface area (Å²) in [6.07, 6.45) is 0. The third kappa shape index (κ3) is 4.23. The number of hydrogen-bond donors (Lipinski definition) is 1. The number of aryl methyl sites for hydroxylation is 1. The molecule has 1 N–H and O–H groups in total. The van der Waals surface area contributed by atoms with E-state index in [2.05, 4.69) is 31.0 Å². The van der Waals surface area contributed by atoms with Gasteiger partial charge in [0.25, 0.3) is 5.91 Å². The summed E-state index contributed by atoms with van der Waals surface area (Å²) >= 11 is 4.44. The monoisotopic (exact) mass is 428 g/mol. The SMILES string of the molecule is Cc1sc(NC(=O)c2ccc(Br)o2)nc1-c1ccc(OC(F)F)cc1. The lowest BCUT2D eigenvalue weighted by Gasteiger charge is -2.05. The van der Waals surface area contributed by atoms with Crippen LogP contribution in [-0.4, -0.2) is 17.5 Å². The first-order chi connectivity index (χ1) is 11.9. The fourth-order valence-electron chi connectivity index (χ4n) is 2.11. The summed E-state index contributed by atoms with van der Waals surface area (Å²) < 4.78 is 34.4. The van der Waals surface area contributed by atoms with Gasteiger partial charge >= 0.3 is 6.61 Å². The van der Waals surface area contributed by atoms with Gasteiger partial charge in [0.1, 0.15) is 5.75 Å². The van der Waals surface area contributed by atoms with E-state index in [1.54, 1.807) is 24.3 Å². The summed E-state index contributed by atoms with van der Waals surface area (Å²) in [5, 5.41) is 3.08. The largest absolute Gasteiger partial charge is 0.444 e. The Labute approximate surface area is 153 Å². The Hall–Kier alpha value is -2.26. The first-order valence-electron chi connectivity index (χ1n) is 7.02. The topological polar surface area (TPSA) is 64.4 Å². The highest BCUT2D eigenvalue weighted by molar-refractivity contribution is 9.10. The highest BCUT2D eigenvalue weighted by atomic mass is 79.9. The van der Waals surface area contributed by atoms with Crippen molar-refractivity contribution in [1.29, 1.82) is 0 Å². The fraction of sp³-hybridized carbons (Fsp3) is 0.125. The number of furan rings is 1. The molecule has 0 aliphatic heterocycles. The van der Waals surface area contributed by atoms with Crippen LogP contribution in [0.25, 0.3) is 11.3 Å². The first-order valence-corrected chi connectivity index (χ1v) is 8.62. The third-order valence-electron chi connectivity index (χ3n) is 3.17. The average molecular weight is 429 g/mol. The van der Waals surface area contributed by atoms with Crippen molar-refractivity contribution in [3.8, 4) is 17.0 Å². The van der Waals surface area contributed by atoms with Gasteiger partial charge in [-0.3, -0.25) is 10.1 Å². The molecule has 0 aliphatic carbocycles. The second kappa shape index (κ2) is 7.32. The van der Waals surface area contributed by atoms with Gasteiger partial charge in [-0.05, 0) is 59.3 Å². The molecule has 5 nitrogen and oxygen atoms in total. The predicted octanol–water partition coefficient (Wildman–Crippen LogP) is 5.33. The molecule has 1 aromatic carbocycles. The minimum Gasteiger partial charge on any atom is -0.444 e. The van der Waals surface area contributed by atoms with Gasteiger partial charge in [0, 0.05) is 10.4 Å². The molecule has 0 fully saturated rings. The number of nitrogens with zero attached hydrogens (tertiary/aromatic N) is 1. The summed E-state index contributed by atoms with van der Waals surface area (Å²) in [6.45, 7) is -1.01. The van der Waals surface area contributed by atoms with E-state index in [-0.39, 0.29) is 11.5 Å². The van der Waals surface area contributed by atoms with Gasteiger partial charge in [0.2, 0.25) is 0 Å². The van der Waals surface area contributed by atoms with Crippen molar-refractivity contribution in [2.24, 2.45) is 0 Å². The molecule has 0 atom stereocenters. The highest BCUT2D eigenvalue weighted by Crippen LogP contribution is 2.32. The zero-order valence-electron chi connectivity index (χ0n) is 12.8. The maximum atomic E-state index is 12.2. The standard InChI is InChI=1S/C16H11BrF2N2O3S/c1-8-13(9-2-4-10(5-3-9)23-15(18)19)20-16(25-8)21-14(22)11-6-7-12(17)24-11/h2-7,15H,1H3,(H,20,21,22). The fourth-order valence-corrected chi connectivity index (χ4v) is 3.24. The quantitative estimate of drug-likeness (QED) is 0.596. The predicted molar refractivity (Wildman–Crippen MR) is 93.3 cm³/mol. The number of thiazole rings is 1. The van der Waals surface area contributed by atoms with Crippen molar-refractivity contribution in [3.05, 3.63) is 51.7 Å². The number of rotatable bonds is 5. The smallest absolute Gasteiger partial charge is 0.387 e. The Kier molecular flexibility index (Phi) is 5.14. The van der Waals surface area contributed by atoms with Crippen molar-refractivity contribution >= 4 is 38.3 Å². The summed E-state index contributed by atoms with van der Waals surface area (Å²) in [7, 11) is 0. The molecule has 2 aromatic heterocycles. The lowest BCUT2D eigenvalue weighted by atomic mass is 10.1. The minimum atomic E-state index is -2.87. The van der Waals surface area contributed by atoms with Crippen LogP contribution in [-0.2, 0) is 0 Å². The van der Waals surface area contributed by atoms with Crippen molar-refractivity contribution in [2.45, 2.75) is 13.5 Å². The van der Waals surface area contributed by atoms with Crippen molar-refractivity contribution in [2.75, 3.05) is 5.32 Å². The van der Waals surface area contributed by atoms with E-state index in [0.29, 0.717) is 15.5 Å². The van der Waals surface area contributed by atoms with Crippen LogP contribution in [0.4, 0.5) is 13.9 Å². The normalized spacial score (nSPS) is 10.9. The third-order valence-corrected chi connectivity index (χ3v) is 4.48. The molecular formula is C16H11BrF2N2O3S. The minimum absolute atomic E-state index is 0.0727. The van der Waals surface area contributed by atoms with Crippen LogP contribution in [0.3, 0.4) is 0 Å². The molecule has 0 bridgehead atoms. The van der Waals surface area contributed by atoms with Gasteiger partial charge in [-0.25, -0.2) is 4.98 Å². The Balaban J connectivity index is 1.77. The number of alkyl halides is 2. The van der Waals surface area contributed by atoms with Gasteiger partial charge in [0.15, 0.2) is 15.6 Å². The van der Waals surface area contributed by atoms with E-state index in [9.17, 15) is 13.6 Å². The van der Waals surface area contributed by atoms with Crippen LogP contribution in [0.1, 0.15) is 15.4 Å². The van der Waals surface area contributed by atoms with Gasteiger partial charge in [-0.15, -0.1) is 11.3 Å². The van der Waals surface area contributed by atoms with Crippen molar-refractivity contribution < 1.29 is 22.7 Å². The van der Waals surface area contributed by atoms with Gasteiger partial charge in [0.05, 0.1) is 5.69 Å². The van der Waals surface area contributed by atoms with Crippen LogP contribution in [0.5, 0.6) is 5.75 Å². The number of halogens is 3. The maximum Gasteiger partial charge on any atom is 0.387 e. The number of aromatic nitrogens is 1. The second-order valence-corrected chi connectivity index (χ2v) is 6.87. The molecule has 0 aliphatic rings. The van der Waals surface area contributed by atoms with E-state index in [0.717, 1.165) is 10.4 Å². The Bertz CT molecular complexity index is 893. The zero-order chi connectivity index (χ0) is 18.0. The molecule has 0 unspecified atom stereocenters. The van der Waals surface area contributed by atoms with Gasteiger partial charge < -0.3 is 9.15 Å². The molecule has 1 amide bonds. The Morgan fingerprint density at radius 1 is 1.28 bits per heavy atom. The zero-order valence-corrected chi connectivity index (χ0v) is 15.2. The molecule has 0 spiro atoms. The molecular weight excluding hydrogens is 418 g/mol. The number of carbonyl (C=O) groups is 1. The van der Waals surface area contributed by atoms with Crippen molar-refractivity contribution in [3.63, 3.8) is 0 Å². The number of ether oxygens (including phenoxy) is 1. The van der Waals surface area contributed by atoms with Crippen LogP contribution < -0.4 is 10.1 Å². The summed E-state index contributed by atoms with van der Waals surface area (Å²) in [4.78, 5) is 17.3. The molecule has 0 radical (unpaired) electrons. The number of amides is 1. The summed E-state index contributed by atoms with van der Waals surface area (Å²) in [5.41, 5.74) is 1.39. The van der Waals surface area contributed by atoms with E-state index >= 15 is 0 Å². The average Bonchev–Trinajstić information content (AvgIpc) is 3.13. The van der Waals surface area contributed by atoms with E-state index in [1.807, 2.05) is 6.92 Å². The van der Waals surface area contributed by atoms with Crippen LogP contribution in [0.15, 0.2) is 45.5 Å². The number of benzene rings is 1. The molecule has 9 heteroatoms. The number of anilines is 1.